The standard InChI is InChI=1S/C23H21BrFNO5S/c1-23(2,3)31-20(27)12-26-21(28)19(32-22(26)29)11-15-10-16(24)8-9-18(15)30-13-14-6-4-5-7-17(14)25/h4-11H,12-13H2,1-3H3. The lowest BCUT2D eigenvalue weighted by Crippen LogP contribution is -2.37. The van der Waals surface area contributed by atoms with Gasteiger partial charge in [0, 0.05) is 15.6 Å². The maximum atomic E-state index is 13.9. The van der Waals surface area contributed by atoms with Crippen molar-refractivity contribution in [2.24, 2.45) is 0 Å². The third kappa shape index (κ3) is 6.20. The predicted molar refractivity (Wildman–Crippen MR) is 123 cm³/mol. The molecule has 0 N–H and O–H groups in total. The Kier molecular flexibility index (Phi) is 7.40. The molecule has 0 spiro atoms. The fourth-order valence-corrected chi connectivity index (χ4v) is 4.02. The Labute approximate surface area is 197 Å². The topological polar surface area (TPSA) is 72.9 Å². The number of hydrogen-bond acceptors (Lipinski definition) is 6. The number of halogens is 2. The van der Waals surface area contributed by atoms with Crippen molar-refractivity contribution in [1.82, 2.24) is 4.90 Å². The first-order valence-corrected chi connectivity index (χ1v) is 11.3. The van der Waals surface area contributed by atoms with E-state index in [9.17, 15) is 18.8 Å². The van der Waals surface area contributed by atoms with Crippen molar-refractivity contribution in [2.75, 3.05) is 6.54 Å². The Hall–Kier alpha value is -2.65. The van der Waals surface area contributed by atoms with Crippen LogP contribution in [0.2, 0.25) is 0 Å². The second kappa shape index (κ2) is 9.87. The highest BCUT2D eigenvalue weighted by atomic mass is 79.9. The molecule has 2 aromatic rings. The summed E-state index contributed by atoms with van der Waals surface area (Å²) < 4.78 is 25.6. The third-order valence-electron chi connectivity index (χ3n) is 4.18. The highest BCUT2D eigenvalue weighted by molar-refractivity contribution is 9.10. The lowest BCUT2D eigenvalue weighted by Gasteiger charge is -2.21. The van der Waals surface area contributed by atoms with Crippen LogP contribution in [-0.4, -0.2) is 34.2 Å². The molecular formula is C23H21BrFNO5S. The zero-order valence-corrected chi connectivity index (χ0v) is 20.1. The van der Waals surface area contributed by atoms with Gasteiger partial charge in [0.05, 0.1) is 4.91 Å². The van der Waals surface area contributed by atoms with Gasteiger partial charge in [-0.1, -0.05) is 34.1 Å². The minimum absolute atomic E-state index is 0.00469. The Balaban J connectivity index is 1.79. The minimum Gasteiger partial charge on any atom is -0.488 e. The van der Waals surface area contributed by atoms with Gasteiger partial charge in [-0.3, -0.25) is 19.3 Å². The Morgan fingerprint density at radius 3 is 2.59 bits per heavy atom. The van der Waals surface area contributed by atoms with E-state index in [1.165, 1.54) is 12.1 Å². The number of imide groups is 1. The molecule has 0 atom stereocenters. The normalized spacial score (nSPS) is 15.4. The van der Waals surface area contributed by atoms with Crippen LogP contribution in [0.25, 0.3) is 6.08 Å². The number of hydrogen-bond donors (Lipinski definition) is 0. The number of carbonyl (C=O) groups is 3. The highest BCUT2D eigenvalue weighted by Crippen LogP contribution is 2.35. The van der Waals surface area contributed by atoms with Gasteiger partial charge in [0.25, 0.3) is 11.1 Å². The molecule has 3 rings (SSSR count). The largest absolute Gasteiger partial charge is 0.488 e. The lowest BCUT2D eigenvalue weighted by atomic mass is 10.1. The van der Waals surface area contributed by atoms with Crippen LogP contribution >= 0.6 is 27.7 Å². The summed E-state index contributed by atoms with van der Waals surface area (Å²) in [7, 11) is 0. The molecule has 1 fully saturated rings. The first-order valence-electron chi connectivity index (χ1n) is 9.66. The van der Waals surface area contributed by atoms with Crippen LogP contribution in [0.1, 0.15) is 31.9 Å². The monoisotopic (exact) mass is 521 g/mol. The van der Waals surface area contributed by atoms with Gasteiger partial charge < -0.3 is 9.47 Å². The molecule has 0 radical (unpaired) electrons. The molecule has 2 amide bonds. The Bertz CT molecular complexity index is 1100. The predicted octanol–water partition coefficient (Wildman–Crippen LogP) is 5.55. The van der Waals surface area contributed by atoms with E-state index in [1.807, 2.05) is 0 Å². The summed E-state index contributed by atoms with van der Waals surface area (Å²) >= 11 is 4.11. The highest BCUT2D eigenvalue weighted by Gasteiger charge is 2.37. The minimum atomic E-state index is -0.727. The number of esters is 1. The zero-order valence-electron chi connectivity index (χ0n) is 17.7. The van der Waals surface area contributed by atoms with Crippen LogP contribution in [0.15, 0.2) is 51.8 Å². The fourth-order valence-electron chi connectivity index (χ4n) is 2.81. The molecule has 9 heteroatoms. The van der Waals surface area contributed by atoms with E-state index < -0.39 is 29.3 Å². The van der Waals surface area contributed by atoms with Crippen molar-refractivity contribution in [3.05, 3.63) is 68.8 Å². The molecule has 0 bridgehead atoms. The molecule has 0 aliphatic carbocycles. The SMILES string of the molecule is CC(C)(C)OC(=O)CN1C(=O)SC(=Cc2cc(Br)ccc2OCc2ccccc2F)C1=O. The molecule has 1 heterocycles. The lowest BCUT2D eigenvalue weighted by molar-refractivity contribution is -0.156. The van der Waals surface area contributed by atoms with E-state index in [0.29, 0.717) is 16.9 Å². The smallest absolute Gasteiger partial charge is 0.326 e. The maximum absolute atomic E-state index is 13.9. The number of thioether (sulfide) groups is 1. The summed E-state index contributed by atoms with van der Waals surface area (Å²) in [4.78, 5) is 38.1. The van der Waals surface area contributed by atoms with Crippen LogP contribution in [-0.2, 0) is 20.9 Å². The van der Waals surface area contributed by atoms with Gasteiger partial charge in [0.15, 0.2) is 0 Å². The number of nitrogens with zero attached hydrogens (tertiary/aromatic N) is 1. The van der Waals surface area contributed by atoms with E-state index in [0.717, 1.165) is 21.1 Å². The number of carbonyl (C=O) groups excluding carboxylic acids is 3. The van der Waals surface area contributed by atoms with Crippen molar-refractivity contribution in [3.8, 4) is 5.75 Å². The second-order valence-electron chi connectivity index (χ2n) is 7.92. The molecule has 32 heavy (non-hydrogen) atoms. The maximum Gasteiger partial charge on any atom is 0.326 e. The molecule has 2 aromatic carbocycles. The van der Waals surface area contributed by atoms with Gasteiger partial charge in [0.2, 0.25) is 0 Å². The van der Waals surface area contributed by atoms with Crippen molar-refractivity contribution in [3.63, 3.8) is 0 Å². The molecule has 6 nitrogen and oxygen atoms in total. The quantitative estimate of drug-likeness (QED) is 0.366. The van der Waals surface area contributed by atoms with Crippen LogP contribution in [0.5, 0.6) is 5.75 Å². The Morgan fingerprint density at radius 2 is 1.91 bits per heavy atom. The first-order chi connectivity index (χ1) is 15.0. The first kappa shape index (κ1) is 24.0. The van der Waals surface area contributed by atoms with Gasteiger partial charge in [-0.25, -0.2) is 4.39 Å². The second-order valence-corrected chi connectivity index (χ2v) is 9.83. The van der Waals surface area contributed by atoms with E-state index in [1.54, 1.807) is 57.2 Å². The Morgan fingerprint density at radius 1 is 1.19 bits per heavy atom. The summed E-state index contributed by atoms with van der Waals surface area (Å²) in [6.07, 6.45) is 1.52. The van der Waals surface area contributed by atoms with Crippen LogP contribution < -0.4 is 4.74 Å². The van der Waals surface area contributed by atoms with Crippen LogP contribution in [0.3, 0.4) is 0 Å². The van der Waals surface area contributed by atoms with Crippen LogP contribution in [0.4, 0.5) is 9.18 Å². The van der Waals surface area contributed by atoms with E-state index >= 15 is 0 Å². The van der Waals surface area contributed by atoms with Gasteiger partial charge in [-0.05, 0) is 62.9 Å². The molecule has 1 aliphatic heterocycles. The van der Waals surface area contributed by atoms with Crippen molar-refractivity contribution in [1.29, 1.82) is 0 Å². The van der Waals surface area contributed by atoms with Crippen molar-refractivity contribution < 1.29 is 28.2 Å². The molecular weight excluding hydrogens is 501 g/mol. The molecule has 1 aliphatic rings. The average Bonchev–Trinajstić information content (AvgIpc) is 2.94. The number of rotatable bonds is 6. The van der Waals surface area contributed by atoms with Gasteiger partial charge >= 0.3 is 5.97 Å². The average molecular weight is 522 g/mol. The van der Waals surface area contributed by atoms with E-state index in [-0.39, 0.29) is 17.3 Å². The summed E-state index contributed by atoms with van der Waals surface area (Å²) in [6, 6.07) is 11.4. The van der Waals surface area contributed by atoms with Crippen molar-refractivity contribution in [2.45, 2.75) is 33.0 Å². The molecule has 168 valence electrons. The molecule has 0 aromatic heterocycles. The van der Waals surface area contributed by atoms with Crippen molar-refractivity contribution >= 4 is 50.9 Å². The van der Waals surface area contributed by atoms with E-state index in [2.05, 4.69) is 15.9 Å². The number of benzene rings is 2. The fraction of sp³-hybridized carbons (Fsp3) is 0.261. The molecule has 0 unspecified atom stereocenters. The molecule has 1 saturated heterocycles. The summed E-state index contributed by atoms with van der Waals surface area (Å²) in [6.45, 7) is 4.64. The summed E-state index contributed by atoms with van der Waals surface area (Å²) in [5.41, 5.74) is 0.188. The van der Waals surface area contributed by atoms with E-state index in [4.69, 9.17) is 9.47 Å². The van der Waals surface area contributed by atoms with Crippen LogP contribution in [0, 0.1) is 5.82 Å². The van der Waals surface area contributed by atoms with Gasteiger partial charge in [-0.2, -0.15) is 0 Å². The zero-order chi connectivity index (χ0) is 23.5. The summed E-state index contributed by atoms with van der Waals surface area (Å²) in [5.74, 6) is -1.23. The number of amides is 2. The third-order valence-corrected chi connectivity index (χ3v) is 5.58. The summed E-state index contributed by atoms with van der Waals surface area (Å²) in [5, 5.41) is -0.559. The number of ether oxygens (including phenoxy) is 2. The van der Waals surface area contributed by atoms with Gasteiger partial charge in [-0.15, -0.1) is 0 Å². The van der Waals surface area contributed by atoms with Gasteiger partial charge in [0.1, 0.15) is 30.3 Å². The molecule has 0 saturated carbocycles.